The highest BCUT2D eigenvalue weighted by Crippen LogP contribution is 2.32. The lowest BCUT2D eigenvalue weighted by Gasteiger charge is -2.09. The molecular weight excluding hydrogens is 334 g/mol. The maximum Gasteiger partial charge on any atom is 0.261 e. The Morgan fingerprint density at radius 1 is 1.48 bits per heavy atom. The number of para-hydroxylation sites is 1. The molecule has 2 N–H and O–H groups in total. The number of carbonyl (C=O) groups excluding carboxylic acids is 1. The van der Waals surface area contributed by atoms with Gasteiger partial charge in [-0.25, -0.2) is 4.68 Å². The minimum absolute atomic E-state index is 0.0942. The number of fused-ring (bicyclic) bond motifs is 1. The third kappa shape index (κ3) is 2.97. The molecule has 0 fully saturated rings. The average Bonchev–Trinajstić information content (AvgIpc) is 3.09. The van der Waals surface area contributed by atoms with Crippen LogP contribution in [0.4, 0.5) is 0 Å². The fraction of sp³-hybridized carbons (Fsp3) is 0.250. The Hall–Kier alpha value is -1.89. The lowest BCUT2D eigenvalue weighted by molar-refractivity contribution is 0.0926. The first-order valence-corrected chi connectivity index (χ1v) is 8.36. The first kappa shape index (κ1) is 16.0. The molecule has 0 saturated carbocycles. The Morgan fingerprint density at radius 3 is 2.91 bits per heavy atom. The number of benzene rings is 1. The van der Waals surface area contributed by atoms with Crippen LogP contribution in [0.25, 0.3) is 15.9 Å². The van der Waals surface area contributed by atoms with Crippen LogP contribution in [0.15, 0.2) is 30.3 Å². The summed E-state index contributed by atoms with van der Waals surface area (Å²) in [5.41, 5.74) is 1.62. The van der Waals surface area contributed by atoms with E-state index in [9.17, 15) is 4.79 Å². The summed E-state index contributed by atoms with van der Waals surface area (Å²) in [7, 11) is 0. The van der Waals surface area contributed by atoms with E-state index in [0.717, 1.165) is 21.6 Å². The van der Waals surface area contributed by atoms with Crippen molar-refractivity contribution in [3.05, 3.63) is 45.9 Å². The van der Waals surface area contributed by atoms with E-state index in [0.29, 0.717) is 9.90 Å². The van der Waals surface area contributed by atoms with Crippen LogP contribution in [-0.2, 0) is 0 Å². The van der Waals surface area contributed by atoms with Gasteiger partial charge in [-0.1, -0.05) is 23.7 Å². The molecule has 120 valence electrons. The molecule has 1 aromatic carbocycles. The summed E-state index contributed by atoms with van der Waals surface area (Å²) >= 11 is 7.62. The largest absolute Gasteiger partial charge is 0.394 e. The van der Waals surface area contributed by atoms with Crippen LogP contribution in [0, 0.1) is 6.92 Å². The smallest absolute Gasteiger partial charge is 0.261 e. The molecule has 2 aromatic heterocycles. The number of nitrogens with one attached hydrogen (secondary N) is 1. The van der Waals surface area contributed by atoms with Crippen LogP contribution in [0.1, 0.15) is 22.3 Å². The Balaban J connectivity index is 2.06. The monoisotopic (exact) mass is 349 g/mol. The zero-order valence-corrected chi connectivity index (χ0v) is 14.3. The predicted molar refractivity (Wildman–Crippen MR) is 92.7 cm³/mol. The normalized spacial score (nSPS) is 12.5. The number of aromatic nitrogens is 2. The molecule has 2 heterocycles. The number of aliphatic hydroxyl groups is 1. The summed E-state index contributed by atoms with van der Waals surface area (Å²) in [5, 5.41) is 17.9. The van der Waals surface area contributed by atoms with E-state index >= 15 is 0 Å². The van der Waals surface area contributed by atoms with Crippen LogP contribution in [0.3, 0.4) is 0 Å². The molecule has 0 aliphatic rings. The maximum atomic E-state index is 12.2. The quantitative estimate of drug-likeness (QED) is 0.760. The summed E-state index contributed by atoms with van der Waals surface area (Å²) in [6.45, 7) is 3.56. The van der Waals surface area contributed by atoms with Crippen molar-refractivity contribution in [1.29, 1.82) is 0 Å². The fourth-order valence-corrected chi connectivity index (χ4v) is 3.58. The van der Waals surface area contributed by atoms with Crippen molar-refractivity contribution in [3.63, 3.8) is 0 Å². The molecule has 23 heavy (non-hydrogen) atoms. The Kier molecular flexibility index (Phi) is 4.39. The average molecular weight is 350 g/mol. The molecule has 0 saturated heterocycles. The van der Waals surface area contributed by atoms with Crippen LogP contribution in [0.2, 0.25) is 5.02 Å². The molecule has 0 aliphatic heterocycles. The molecular formula is C16H16ClN3O2S. The van der Waals surface area contributed by atoms with Gasteiger partial charge in [0.2, 0.25) is 0 Å². The van der Waals surface area contributed by atoms with Gasteiger partial charge in [0, 0.05) is 11.4 Å². The van der Waals surface area contributed by atoms with Crippen molar-refractivity contribution in [3.8, 4) is 5.69 Å². The van der Waals surface area contributed by atoms with Crippen molar-refractivity contribution in [1.82, 2.24) is 15.1 Å². The summed E-state index contributed by atoms with van der Waals surface area (Å²) in [6, 6.07) is 9.01. The SMILES string of the molecule is Cc1nn(-c2ccccc2Cl)c2sc(C(=O)NC(C)CO)cc12. The highest BCUT2D eigenvalue weighted by molar-refractivity contribution is 7.20. The van der Waals surface area contributed by atoms with Gasteiger partial charge in [0.25, 0.3) is 5.91 Å². The summed E-state index contributed by atoms with van der Waals surface area (Å²) in [4.78, 5) is 13.7. The van der Waals surface area contributed by atoms with E-state index in [1.54, 1.807) is 11.6 Å². The van der Waals surface area contributed by atoms with Gasteiger partial charge in [-0.05, 0) is 32.0 Å². The van der Waals surface area contributed by atoms with E-state index in [4.69, 9.17) is 16.7 Å². The fourth-order valence-electron chi connectivity index (χ4n) is 2.29. The van der Waals surface area contributed by atoms with Gasteiger partial charge in [0.05, 0.1) is 27.9 Å². The molecule has 1 unspecified atom stereocenters. The molecule has 1 amide bonds. The standard InChI is InChI=1S/C16H16ClN3O2S/c1-9(8-21)18-15(22)14-7-11-10(2)19-20(16(11)23-14)13-6-4-3-5-12(13)17/h3-7,9,21H,8H2,1-2H3,(H,18,22). The molecule has 1 atom stereocenters. The zero-order valence-electron chi connectivity index (χ0n) is 12.7. The number of hydrogen-bond donors (Lipinski definition) is 2. The first-order chi connectivity index (χ1) is 11.0. The second-order valence-corrected chi connectivity index (χ2v) is 6.77. The van der Waals surface area contributed by atoms with Crippen molar-refractivity contribution in [2.45, 2.75) is 19.9 Å². The first-order valence-electron chi connectivity index (χ1n) is 7.17. The van der Waals surface area contributed by atoms with E-state index in [1.807, 2.05) is 37.3 Å². The number of nitrogens with zero attached hydrogens (tertiary/aromatic N) is 2. The number of rotatable bonds is 4. The van der Waals surface area contributed by atoms with Gasteiger partial charge in [-0.2, -0.15) is 5.10 Å². The lowest BCUT2D eigenvalue weighted by Crippen LogP contribution is -2.34. The highest BCUT2D eigenvalue weighted by atomic mass is 35.5. The Morgan fingerprint density at radius 2 is 2.22 bits per heavy atom. The number of halogens is 1. The van der Waals surface area contributed by atoms with E-state index in [1.165, 1.54) is 11.3 Å². The van der Waals surface area contributed by atoms with Crippen LogP contribution in [-0.4, -0.2) is 33.4 Å². The van der Waals surface area contributed by atoms with Gasteiger partial charge >= 0.3 is 0 Å². The summed E-state index contributed by atoms with van der Waals surface area (Å²) in [5.74, 6) is -0.196. The van der Waals surface area contributed by atoms with Gasteiger partial charge in [0.15, 0.2) is 0 Å². The summed E-state index contributed by atoms with van der Waals surface area (Å²) < 4.78 is 1.77. The van der Waals surface area contributed by atoms with Gasteiger partial charge in [-0.3, -0.25) is 4.79 Å². The maximum absolute atomic E-state index is 12.2. The molecule has 3 aromatic rings. The molecule has 7 heteroatoms. The van der Waals surface area contributed by atoms with Crippen molar-refractivity contribution < 1.29 is 9.90 Å². The topological polar surface area (TPSA) is 67.2 Å². The second-order valence-electron chi connectivity index (χ2n) is 5.34. The van der Waals surface area contributed by atoms with Gasteiger partial charge in [0.1, 0.15) is 4.83 Å². The van der Waals surface area contributed by atoms with E-state index < -0.39 is 0 Å². The number of aliphatic hydroxyl groups excluding tert-OH is 1. The molecule has 3 rings (SSSR count). The number of hydrogen-bond acceptors (Lipinski definition) is 4. The molecule has 5 nitrogen and oxygen atoms in total. The van der Waals surface area contributed by atoms with Crippen LogP contribution < -0.4 is 5.32 Å². The number of amides is 1. The van der Waals surface area contributed by atoms with Crippen molar-refractivity contribution >= 4 is 39.1 Å². The minimum atomic E-state index is -0.283. The predicted octanol–water partition coefficient (Wildman–Crippen LogP) is 3.16. The minimum Gasteiger partial charge on any atom is -0.394 e. The molecule has 0 bridgehead atoms. The number of carbonyl (C=O) groups is 1. The second kappa shape index (κ2) is 6.31. The zero-order chi connectivity index (χ0) is 16.6. The molecule has 0 spiro atoms. The Bertz CT molecular complexity index is 871. The molecule has 0 aliphatic carbocycles. The van der Waals surface area contributed by atoms with Crippen molar-refractivity contribution in [2.75, 3.05) is 6.61 Å². The summed E-state index contributed by atoms with van der Waals surface area (Å²) in [6.07, 6.45) is 0. The van der Waals surface area contributed by atoms with Crippen LogP contribution in [0.5, 0.6) is 0 Å². The Labute approximate surface area is 142 Å². The number of aryl methyl sites for hydroxylation is 1. The van der Waals surface area contributed by atoms with E-state index in [2.05, 4.69) is 10.4 Å². The van der Waals surface area contributed by atoms with Crippen LogP contribution >= 0.6 is 22.9 Å². The van der Waals surface area contributed by atoms with Crippen molar-refractivity contribution in [2.24, 2.45) is 0 Å². The van der Waals surface area contributed by atoms with Gasteiger partial charge in [-0.15, -0.1) is 11.3 Å². The number of thiophene rings is 1. The van der Waals surface area contributed by atoms with E-state index in [-0.39, 0.29) is 18.6 Å². The molecule has 0 radical (unpaired) electrons. The lowest BCUT2D eigenvalue weighted by atomic mass is 10.3. The third-order valence-electron chi connectivity index (χ3n) is 3.50. The highest BCUT2D eigenvalue weighted by Gasteiger charge is 2.18. The third-order valence-corrected chi connectivity index (χ3v) is 4.93. The van der Waals surface area contributed by atoms with Gasteiger partial charge < -0.3 is 10.4 Å².